The van der Waals surface area contributed by atoms with Crippen molar-refractivity contribution in [3.8, 4) is 0 Å². The quantitative estimate of drug-likeness (QED) is 0.707. The molecule has 0 spiro atoms. The molecule has 0 atom stereocenters. The van der Waals surface area contributed by atoms with E-state index >= 15 is 0 Å². The average Bonchev–Trinajstić information content (AvgIpc) is 2.62. The highest BCUT2D eigenvalue weighted by Gasteiger charge is 2.19. The fourth-order valence-electron chi connectivity index (χ4n) is 2.12. The molecule has 0 fully saturated rings. The lowest BCUT2D eigenvalue weighted by Crippen LogP contribution is -2.23. The fraction of sp³-hybridized carbons (Fsp3) is 0.222. The Bertz CT molecular complexity index is 930. The van der Waals surface area contributed by atoms with Gasteiger partial charge in [-0.3, -0.25) is 9.59 Å². The molecule has 0 bridgehead atoms. The van der Waals surface area contributed by atoms with Crippen LogP contribution in [0.4, 0.5) is 5.69 Å². The fourth-order valence-corrected chi connectivity index (χ4v) is 3.21. The highest BCUT2D eigenvalue weighted by atomic mass is 35.5. The topological polar surface area (TPSA) is 92.8 Å². The molecule has 0 aromatic heterocycles. The van der Waals surface area contributed by atoms with Gasteiger partial charge in [0, 0.05) is 14.1 Å². The van der Waals surface area contributed by atoms with Crippen molar-refractivity contribution < 1.29 is 22.7 Å². The normalized spacial score (nSPS) is 11.3. The highest BCUT2D eigenvalue weighted by Crippen LogP contribution is 2.26. The molecule has 27 heavy (non-hydrogen) atoms. The summed E-state index contributed by atoms with van der Waals surface area (Å²) in [5.74, 6) is -1.18. The predicted octanol–water partition coefficient (Wildman–Crippen LogP) is 2.31. The lowest BCUT2D eigenvalue weighted by atomic mass is 10.2. The number of hydrogen-bond acceptors (Lipinski definition) is 5. The second-order valence-electron chi connectivity index (χ2n) is 5.80. The number of hydrogen-bond donors (Lipinski definition) is 1. The van der Waals surface area contributed by atoms with Crippen LogP contribution in [-0.2, 0) is 30.8 Å². The zero-order valence-corrected chi connectivity index (χ0v) is 16.4. The van der Waals surface area contributed by atoms with E-state index in [4.69, 9.17) is 16.3 Å². The average molecular weight is 411 g/mol. The van der Waals surface area contributed by atoms with Gasteiger partial charge >= 0.3 is 5.97 Å². The van der Waals surface area contributed by atoms with Crippen LogP contribution >= 0.6 is 11.6 Å². The molecule has 0 aliphatic rings. The van der Waals surface area contributed by atoms with Gasteiger partial charge in [-0.05, 0) is 23.8 Å². The third kappa shape index (κ3) is 5.78. The Morgan fingerprint density at radius 1 is 1.11 bits per heavy atom. The zero-order valence-electron chi connectivity index (χ0n) is 14.8. The maximum Gasteiger partial charge on any atom is 0.310 e. The van der Waals surface area contributed by atoms with Crippen molar-refractivity contribution >= 4 is 39.2 Å². The van der Waals surface area contributed by atoms with Gasteiger partial charge < -0.3 is 10.1 Å². The van der Waals surface area contributed by atoms with Crippen LogP contribution in [0.5, 0.6) is 0 Å². The minimum atomic E-state index is -3.67. The van der Waals surface area contributed by atoms with Crippen molar-refractivity contribution in [3.63, 3.8) is 0 Å². The Balaban J connectivity index is 1.98. The van der Waals surface area contributed by atoms with E-state index in [0.717, 1.165) is 9.87 Å². The van der Waals surface area contributed by atoms with E-state index in [1.54, 1.807) is 24.3 Å². The van der Waals surface area contributed by atoms with E-state index in [1.165, 1.54) is 32.3 Å². The summed E-state index contributed by atoms with van der Waals surface area (Å²) in [5.41, 5.74) is 0.885. The molecule has 7 nitrogen and oxygen atoms in total. The molecule has 1 amide bonds. The van der Waals surface area contributed by atoms with Crippen LogP contribution < -0.4 is 5.32 Å². The van der Waals surface area contributed by atoms with E-state index in [2.05, 4.69) is 5.32 Å². The number of rotatable bonds is 7. The van der Waals surface area contributed by atoms with E-state index < -0.39 is 28.5 Å². The van der Waals surface area contributed by atoms with Gasteiger partial charge in [-0.1, -0.05) is 41.9 Å². The molecule has 2 rings (SSSR count). The molecule has 144 valence electrons. The molecule has 0 saturated carbocycles. The number of esters is 1. The first-order valence-corrected chi connectivity index (χ1v) is 9.73. The Hall–Kier alpha value is -2.42. The standard InChI is InChI=1S/C18H19ClN2O5S/c1-21(2)27(24,25)14-8-9-15(19)16(11-14)20-17(22)12-26-18(23)10-13-6-4-3-5-7-13/h3-9,11H,10,12H2,1-2H3,(H,20,22). The van der Waals surface area contributed by atoms with Crippen LogP contribution in [0.25, 0.3) is 0 Å². The van der Waals surface area contributed by atoms with Crippen molar-refractivity contribution in [2.45, 2.75) is 11.3 Å². The number of nitrogens with zero attached hydrogens (tertiary/aromatic N) is 1. The van der Waals surface area contributed by atoms with Crippen molar-refractivity contribution in [3.05, 3.63) is 59.1 Å². The first-order chi connectivity index (χ1) is 12.7. The minimum absolute atomic E-state index is 0.0201. The summed E-state index contributed by atoms with van der Waals surface area (Å²) >= 11 is 6.01. The summed E-state index contributed by atoms with van der Waals surface area (Å²) in [6, 6.07) is 12.9. The van der Waals surface area contributed by atoms with Gasteiger partial charge in [0.15, 0.2) is 6.61 Å². The molecule has 0 heterocycles. The molecule has 0 aliphatic carbocycles. The van der Waals surface area contributed by atoms with Crippen molar-refractivity contribution in [1.82, 2.24) is 4.31 Å². The molecular formula is C18H19ClN2O5S. The van der Waals surface area contributed by atoms with E-state index in [-0.39, 0.29) is 22.0 Å². The molecule has 0 unspecified atom stereocenters. The zero-order chi connectivity index (χ0) is 20.0. The number of nitrogens with one attached hydrogen (secondary N) is 1. The number of carbonyl (C=O) groups excluding carboxylic acids is 2. The molecule has 0 aliphatic heterocycles. The Morgan fingerprint density at radius 2 is 1.78 bits per heavy atom. The van der Waals surface area contributed by atoms with E-state index in [9.17, 15) is 18.0 Å². The Labute approximate surface area is 162 Å². The molecule has 0 saturated heterocycles. The number of ether oxygens (including phenoxy) is 1. The number of benzene rings is 2. The van der Waals surface area contributed by atoms with Gasteiger partial charge in [-0.2, -0.15) is 0 Å². The molecule has 2 aromatic carbocycles. The van der Waals surface area contributed by atoms with Crippen LogP contribution in [0.3, 0.4) is 0 Å². The van der Waals surface area contributed by atoms with Crippen LogP contribution in [0.1, 0.15) is 5.56 Å². The SMILES string of the molecule is CN(C)S(=O)(=O)c1ccc(Cl)c(NC(=O)COC(=O)Cc2ccccc2)c1. The third-order valence-corrected chi connectivity index (χ3v) is 5.69. The van der Waals surface area contributed by atoms with Gasteiger partial charge in [-0.15, -0.1) is 0 Å². The molecule has 0 radical (unpaired) electrons. The maximum atomic E-state index is 12.2. The number of amides is 1. The molecule has 2 aromatic rings. The van der Waals surface area contributed by atoms with Crippen LogP contribution in [0, 0.1) is 0 Å². The van der Waals surface area contributed by atoms with Gasteiger partial charge in [0.2, 0.25) is 10.0 Å². The first-order valence-electron chi connectivity index (χ1n) is 7.91. The monoisotopic (exact) mass is 410 g/mol. The molecule has 9 heteroatoms. The highest BCUT2D eigenvalue weighted by molar-refractivity contribution is 7.89. The summed E-state index contributed by atoms with van der Waals surface area (Å²) < 4.78 is 30.3. The lowest BCUT2D eigenvalue weighted by Gasteiger charge is -2.14. The third-order valence-electron chi connectivity index (χ3n) is 3.55. The second kappa shape index (κ2) is 8.98. The summed E-state index contributed by atoms with van der Waals surface area (Å²) in [4.78, 5) is 23.8. The number of sulfonamides is 1. The second-order valence-corrected chi connectivity index (χ2v) is 8.36. The van der Waals surface area contributed by atoms with Crippen molar-refractivity contribution in [2.24, 2.45) is 0 Å². The van der Waals surface area contributed by atoms with Gasteiger partial charge in [0.25, 0.3) is 5.91 Å². The number of carbonyl (C=O) groups is 2. The predicted molar refractivity (Wildman–Crippen MR) is 102 cm³/mol. The lowest BCUT2D eigenvalue weighted by molar-refractivity contribution is -0.146. The summed E-state index contributed by atoms with van der Waals surface area (Å²) in [6.07, 6.45) is 0.0471. The van der Waals surface area contributed by atoms with Crippen molar-refractivity contribution in [1.29, 1.82) is 0 Å². The molecular weight excluding hydrogens is 392 g/mol. The maximum absolute atomic E-state index is 12.2. The minimum Gasteiger partial charge on any atom is -0.455 e. The summed E-state index contributed by atoms with van der Waals surface area (Å²) in [5, 5.41) is 2.61. The van der Waals surface area contributed by atoms with Gasteiger partial charge in [-0.25, -0.2) is 12.7 Å². The van der Waals surface area contributed by atoms with Crippen LogP contribution in [-0.4, -0.2) is 45.3 Å². The smallest absolute Gasteiger partial charge is 0.310 e. The molecule has 1 N–H and O–H groups in total. The van der Waals surface area contributed by atoms with Gasteiger partial charge in [0.1, 0.15) is 0 Å². The van der Waals surface area contributed by atoms with E-state index in [0.29, 0.717) is 0 Å². The largest absolute Gasteiger partial charge is 0.455 e. The summed E-state index contributed by atoms with van der Waals surface area (Å²) in [7, 11) is -0.880. The number of halogens is 1. The summed E-state index contributed by atoms with van der Waals surface area (Å²) in [6.45, 7) is -0.507. The number of anilines is 1. The Morgan fingerprint density at radius 3 is 2.41 bits per heavy atom. The van der Waals surface area contributed by atoms with Crippen LogP contribution in [0.2, 0.25) is 5.02 Å². The Kier molecular flexibility index (Phi) is 6.95. The van der Waals surface area contributed by atoms with Gasteiger partial charge in [0.05, 0.1) is 22.0 Å². The van der Waals surface area contributed by atoms with E-state index in [1.807, 2.05) is 6.07 Å². The van der Waals surface area contributed by atoms with Crippen molar-refractivity contribution in [2.75, 3.05) is 26.0 Å². The first kappa shape index (κ1) is 20.9. The van der Waals surface area contributed by atoms with Crippen LogP contribution in [0.15, 0.2) is 53.4 Å².